The van der Waals surface area contributed by atoms with Crippen LogP contribution in [0.25, 0.3) is 0 Å². The van der Waals surface area contributed by atoms with Crippen LogP contribution in [0.3, 0.4) is 0 Å². The van der Waals surface area contributed by atoms with Crippen molar-refractivity contribution in [1.29, 1.82) is 0 Å². The van der Waals surface area contributed by atoms with Crippen LogP contribution in [0.2, 0.25) is 13.6 Å². The fourth-order valence-corrected chi connectivity index (χ4v) is 7.45. The first-order valence-corrected chi connectivity index (χ1v) is 17.6. The molecule has 5 rings (SSSR count). The van der Waals surface area contributed by atoms with E-state index < -0.39 is 16.9 Å². The molecule has 43 heavy (non-hydrogen) atoms. The van der Waals surface area contributed by atoms with E-state index in [1.165, 1.54) is 18.4 Å². The first-order valence-electron chi connectivity index (χ1n) is 16.1. The average Bonchev–Trinajstić information content (AvgIpc) is 3.04. The molecule has 3 aliphatic heterocycles. The van der Waals surface area contributed by atoms with Crippen molar-refractivity contribution in [2.45, 2.75) is 88.3 Å². The zero-order valence-corrected chi connectivity index (χ0v) is 27.4. The van der Waals surface area contributed by atoms with Gasteiger partial charge in [0.1, 0.15) is 5.78 Å². The van der Waals surface area contributed by atoms with E-state index in [0.29, 0.717) is 40.4 Å². The Morgan fingerprint density at radius 1 is 0.721 bits per heavy atom. The van der Waals surface area contributed by atoms with E-state index in [2.05, 4.69) is 9.71 Å². The number of rotatable bonds is 7. The molecule has 236 valence electrons. The second-order valence-corrected chi connectivity index (χ2v) is 13.7. The van der Waals surface area contributed by atoms with E-state index in [1.807, 2.05) is 43.7 Å². The summed E-state index contributed by atoms with van der Waals surface area (Å²) in [6.07, 6.45) is 6.90. The molecule has 2 N–H and O–H groups in total. The minimum absolute atomic E-state index is 0.317. The summed E-state index contributed by atoms with van der Waals surface area (Å²) >= 11 is 0. The molecule has 3 heterocycles. The molecule has 0 spiro atoms. The molecule has 0 bridgehead atoms. The van der Waals surface area contributed by atoms with E-state index in [4.69, 9.17) is 5.02 Å². The van der Waals surface area contributed by atoms with Gasteiger partial charge in [0, 0.05) is 18.9 Å². The summed E-state index contributed by atoms with van der Waals surface area (Å²) in [6.45, 7) is 13.3. The van der Waals surface area contributed by atoms with Crippen LogP contribution in [0.4, 0.5) is 0 Å². The van der Waals surface area contributed by atoms with Crippen LogP contribution in [0.1, 0.15) is 57.9 Å². The smallest absolute Gasteiger partial charge is 0.376 e. The van der Waals surface area contributed by atoms with Gasteiger partial charge in [-0.2, -0.15) is 0 Å². The number of carbonyl (C=O) groups excluding carboxylic acids is 1. The highest BCUT2D eigenvalue weighted by molar-refractivity contribution is 7.91. The highest BCUT2D eigenvalue weighted by atomic mass is 32.2. The maximum atomic E-state index is 12.8. The molecule has 3 fully saturated rings. The SMILES string of the molecule is CB(O)N1CCC(=O)CC1.CB(O)N1CCC(N2CCC(Cc3ccc(S(=O)(=O)c4ccccc4)cc3)CC2)CC1.CC. The number of benzene rings is 2. The molecule has 3 saturated heterocycles. The van der Waals surface area contributed by atoms with Crippen molar-refractivity contribution in [2.24, 2.45) is 5.92 Å². The Balaban J connectivity index is 0.000000356. The normalized spacial score (nSPS) is 19.5. The number of Topliss-reactive ketones (excluding diaryl/α,β-unsaturated/α-hetero) is 1. The van der Waals surface area contributed by atoms with Gasteiger partial charge in [0.25, 0.3) is 0 Å². The number of hydrogen-bond acceptors (Lipinski definition) is 8. The predicted octanol–water partition coefficient (Wildman–Crippen LogP) is 4.14. The number of nitrogens with zero attached hydrogens (tertiary/aromatic N) is 3. The number of sulfone groups is 1. The fourth-order valence-electron chi connectivity index (χ4n) is 6.17. The summed E-state index contributed by atoms with van der Waals surface area (Å²) in [7, 11) is -4.17. The Morgan fingerprint density at radius 3 is 1.72 bits per heavy atom. The first kappa shape index (κ1) is 35.5. The standard InChI is InChI=1S/C24H33BN2O3S.C6H12BNO2.C2H6/c1-25(28)27-17-13-22(14-18-27)26-15-11-21(12-16-26)19-20-7-9-24(10-8-20)31(29,30)23-5-3-2-4-6-23;1-7(10)8-4-2-6(9)3-5-8;1-2/h2-10,21-22,28H,11-19H2,1H3;10H,2-5H2,1H3;1-2H3. The van der Waals surface area contributed by atoms with Crippen molar-refractivity contribution in [3.63, 3.8) is 0 Å². The molecule has 3 aliphatic rings. The molecule has 0 saturated carbocycles. The summed E-state index contributed by atoms with van der Waals surface area (Å²) in [5.41, 5.74) is 1.22. The van der Waals surface area contributed by atoms with Gasteiger partial charge in [-0.15, -0.1) is 0 Å². The van der Waals surface area contributed by atoms with Crippen molar-refractivity contribution in [3.8, 4) is 0 Å². The molecule has 8 nitrogen and oxygen atoms in total. The fraction of sp³-hybridized carbons (Fsp3) is 0.594. The Bertz CT molecular complexity index is 1190. The average molecular weight is 611 g/mol. The first-order chi connectivity index (χ1) is 20.6. The van der Waals surface area contributed by atoms with E-state index in [0.717, 1.165) is 58.5 Å². The summed E-state index contributed by atoms with van der Waals surface area (Å²) in [6, 6.07) is 16.7. The van der Waals surface area contributed by atoms with Crippen molar-refractivity contribution in [2.75, 3.05) is 39.3 Å². The van der Waals surface area contributed by atoms with E-state index in [-0.39, 0.29) is 7.05 Å². The van der Waals surface area contributed by atoms with Gasteiger partial charge in [0.2, 0.25) is 9.84 Å². The summed E-state index contributed by atoms with van der Waals surface area (Å²) in [4.78, 5) is 18.1. The van der Waals surface area contributed by atoms with Crippen molar-refractivity contribution in [1.82, 2.24) is 14.5 Å². The Kier molecular flexibility index (Phi) is 14.4. The van der Waals surface area contributed by atoms with Crippen LogP contribution in [0, 0.1) is 5.92 Å². The zero-order valence-electron chi connectivity index (χ0n) is 26.6. The molecule has 0 aliphatic carbocycles. The molecular formula is C32H51B2N3O5S. The predicted molar refractivity (Wildman–Crippen MR) is 176 cm³/mol. The van der Waals surface area contributed by atoms with Gasteiger partial charge < -0.3 is 24.6 Å². The molecule has 11 heteroatoms. The van der Waals surface area contributed by atoms with Gasteiger partial charge in [-0.05, 0) is 121 Å². The van der Waals surface area contributed by atoms with Gasteiger partial charge in [-0.1, -0.05) is 44.2 Å². The number of ketones is 1. The number of carbonyl (C=O) groups is 1. The monoisotopic (exact) mass is 611 g/mol. The van der Waals surface area contributed by atoms with Crippen LogP contribution in [-0.4, -0.2) is 98.2 Å². The van der Waals surface area contributed by atoms with E-state index in [9.17, 15) is 18.2 Å². The second kappa shape index (κ2) is 17.5. The number of piperidine rings is 3. The van der Waals surface area contributed by atoms with Crippen LogP contribution < -0.4 is 0 Å². The van der Waals surface area contributed by atoms with E-state index in [1.54, 1.807) is 43.2 Å². The van der Waals surface area contributed by atoms with E-state index >= 15 is 0 Å². The molecule has 0 atom stereocenters. The lowest BCUT2D eigenvalue weighted by Gasteiger charge is -2.42. The summed E-state index contributed by atoms with van der Waals surface area (Å²) in [5, 5.41) is 18.8. The lowest BCUT2D eigenvalue weighted by Crippen LogP contribution is -2.50. The third-order valence-corrected chi connectivity index (χ3v) is 10.7. The molecular weight excluding hydrogens is 560 g/mol. The minimum Gasteiger partial charge on any atom is -0.437 e. The molecule has 2 aromatic carbocycles. The molecule has 0 aromatic heterocycles. The molecule has 0 unspecified atom stereocenters. The largest absolute Gasteiger partial charge is 0.437 e. The Hall–Kier alpha value is -2.01. The lowest BCUT2D eigenvalue weighted by atomic mass is 9.81. The molecule has 0 amide bonds. The Labute approximate surface area is 260 Å². The van der Waals surface area contributed by atoms with Crippen molar-refractivity contribution >= 4 is 29.7 Å². The van der Waals surface area contributed by atoms with Crippen molar-refractivity contribution in [3.05, 3.63) is 60.2 Å². The maximum Gasteiger partial charge on any atom is 0.376 e. The lowest BCUT2D eigenvalue weighted by molar-refractivity contribution is -0.120. The zero-order chi connectivity index (χ0) is 31.4. The van der Waals surface area contributed by atoms with Crippen molar-refractivity contribution < 1.29 is 23.3 Å². The van der Waals surface area contributed by atoms with Gasteiger partial charge in [-0.3, -0.25) is 4.79 Å². The van der Waals surface area contributed by atoms with Gasteiger partial charge >= 0.3 is 14.1 Å². The third kappa shape index (κ3) is 10.5. The quantitative estimate of drug-likeness (QED) is 0.451. The third-order valence-electron chi connectivity index (χ3n) is 8.89. The van der Waals surface area contributed by atoms with Gasteiger partial charge in [-0.25, -0.2) is 8.42 Å². The van der Waals surface area contributed by atoms with Gasteiger partial charge in [0.15, 0.2) is 0 Å². The van der Waals surface area contributed by atoms with Crippen LogP contribution in [-0.2, 0) is 21.1 Å². The Morgan fingerprint density at radius 2 is 1.21 bits per heavy atom. The van der Waals surface area contributed by atoms with Gasteiger partial charge in [0.05, 0.1) is 9.79 Å². The highest BCUT2D eigenvalue weighted by Gasteiger charge is 2.30. The van der Waals surface area contributed by atoms with Crippen LogP contribution >= 0.6 is 0 Å². The number of hydrogen-bond donors (Lipinski definition) is 2. The minimum atomic E-state index is -3.44. The topological polar surface area (TPSA) is 101 Å². The second-order valence-electron chi connectivity index (χ2n) is 11.7. The number of likely N-dealkylation sites (tertiary alicyclic amines) is 1. The molecule has 0 radical (unpaired) electrons. The molecule has 2 aromatic rings. The summed E-state index contributed by atoms with van der Waals surface area (Å²) < 4.78 is 25.5. The highest BCUT2D eigenvalue weighted by Crippen LogP contribution is 2.27. The van der Waals surface area contributed by atoms with Crippen LogP contribution in [0.5, 0.6) is 0 Å². The maximum absolute atomic E-state index is 12.8. The van der Waals surface area contributed by atoms with Crippen LogP contribution in [0.15, 0.2) is 64.4 Å². The summed E-state index contributed by atoms with van der Waals surface area (Å²) in [5.74, 6) is 0.974.